The first-order chi connectivity index (χ1) is 5.00. The van der Waals surface area contributed by atoms with Gasteiger partial charge in [0.1, 0.15) is 0 Å². The minimum absolute atomic E-state index is 0.331. The number of rotatable bonds is 5. The smallest absolute Gasteiger partial charge is 0.339 e. The van der Waals surface area contributed by atoms with Crippen molar-refractivity contribution >= 4 is 17.6 Å². The largest absolute Gasteiger partial charge is 0.479 e. The van der Waals surface area contributed by atoms with E-state index in [1.54, 1.807) is 0 Å². The molecule has 0 saturated heterocycles. The standard InChI is InChI=1S/C7H14ClNO2/c1-2-3-4-5-7(8,9)6(10)11/h2-5,9H2,1H3,(H,10,11). The molecule has 1 unspecified atom stereocenters. The maximum Gasteiger partial charge on any atom is 0.339 e. The lowest BCUT2D eigenvalue weighted by molar-refractivity contribution is -0.140. The Morgan fingerprint density at radius 1 is 1.64 bits per heavy atom. The summed E-state index contributed by atoms with van der Waals surface area (Å²) in [4.78, 5) is 8.80. The Morgan fingerprint density at radius 3 is 2.55 bits per heavy atom. The number of aliphatic carboxylic acids is 1. The highest BCUT2D eigenvalue weighted by molar-refractivity contribution is 6.33. The fraction of sp³-hybridized carbons (Fsp3) is 0.857. The molecule has 0 radical (unpaired) electrons. The molecule has 0 spiro atoms. The highest BCUT2D eigenvalue weighted by atomic mass is 35.5. The lowest BCUT2D eigenvalue weighted by atomic mass is 10.1. The zero-order valence-corrected chi connectivity index (χ0v) is 7.40. The zero-order chi connectivity index (χ0) is 8.91. The first-order valence-corrected chi connectivity index (χ1v) is 4.09. The normalized spacial score (nSPS) is 15.9. The van der Waals surface area contributed by atoms with Gasteiger partial charge in [0, 0.05) is 0 Å². The Morgan fingerprint density at radius 2 is 2.18 bits per heavy atom. The van der Waals surface area contributed by atoms with Gasteiger partial charge in [0.25, 0.3) is 0 Å². The Labute approximate surface area is 71.5 Å². The van der Waals surface area contributed by atoms with Crippen molar-refractivity contribution in [2.75, 3.05) is 0 Å². The molecule has 0 bridgehead atoms. The monoisotopic (exact) mass is 179 g/mol. The van der Waals surface area contributed by atoms with Crippen LogP contribution in [0.4, 0.5) is 0 Å². The van der Waals surface area contributed by atoms with E-state index in [1.165, 1.54) is 0 Å². The number of nitrogens with two attached hydrogens (primary N) is 1. The quantitative estimate of drug-likeness (QED) is 0.382. The van der Waals surface area contributed by atoms with Gasteiger partial charge in [-0.25, -0.2) is 4.79 Å². The number of hydrogen-bond donors (Lipinski definition) is 2. The fourth-order valence-corrected chi connectivity index (χ4v) is 0.873. The van der Waals surface area contributed by atoms with Crippen molar-refractivity contribution in [3.05, 3.63) is 0 Å². The predicted octanol–water partition coefficient (Wildman–Crippen LogP) is 1.55. The highest BCUT2D eigenvalue weighted by Gasteiger charge is 2.29. The average Bonchev–Trinajstić information content (AvgIpc) is 1.88. The summed E-state index contributed by atoms with van der Waals surface area (Å²) in [5, 5.41) is 8.48. The van der Waals surface area contributed by atoms with Crippen molar-refractivity contribution in [3.8, 4) is 0 Å². The van der Waals surface area contributed by atoms with E-state index in [2.05, 4.69) is 0 Å². The molecule has 0 aromatic rings. The van der Waals surface area contributed by atoms with Gasteiger partial charge in [-0.2, -0.15) is 0 Å². The van der Waals surface area contributed by atoms with E-state index in [-0.39, 0.29) is 0 Å². The van der Waals surface area contributed by atoms with Gasteiger partial charge >= 0.3 is 5.97 Å². The summed E-state index contributed by atoms with van der Waals surface area (Å²) >= 11 is 5.49. The number of carboxylic acids is 1. The molecular formula is C7H14ClNO2. The van der Waals surface area contributed by atoms with Gasteiger partial charge in [0.15, 0.2) is 5.00 Å². The molecule has 3 nitrogen and oxygen atoms in total. The van der Waals surface area contributed by atoms with Gasteiger partial charge in [0.2, 0.25) is 0 Å². The van der Waals surface area contributed by atoms with Crippen molar-refractivity contribution in [2.24, 2.45) is 5.73 Å². The molecule has 0 aliphatic carbocycles. The van der Waals surface area contributed by atoms with Crippen LogP contribution >= 0.6 is 11.6 Å². The average molecular weight is 180 g/mol. The second-order valence-electron chi connectivity index (χ2n) is 2.62. The Balaban J connectivity index is 3.64. The van der Waals surface area contributed by atoms with Crippen LogP contribution in [0.2, 0.25) is 0 Å². The second kappa shape index (κ2) is 4.57. The molecule has 11 heavy (non-hydrogen) atoms. The molecule has 0 aliphatic heterocycles. The molecule has 0 saturated carbocycles. The van der Waals surface area contributed by atoms with E-state index in [0.717, 1.165) is 19.3 Å². The van der Waals surface area contributed by atoms with Gasteiger partial charge < -0.3 is 10.8 Å². The van der Waals surface area contributed by atoms with Gasteiger partial charge in [-0.1, -0.05) is 31.4 Å². The number of alkyl halides is 1. The van der Waals surface area contributed by atoms with Crippen LogP contribution < -0.4 is 5.73 Å². The summed E-state index contributed by atoms with van der Waals surface area (Å²) in [5.74, 6) is -1.14. The van der Waals surface area contributed by atoms with Crippen molar-refractivity contribution < 1.29 is 9.90 Å². The van der Waals surface area contributed by atoms with Crippen LogP contribution in [0.5, 0.6) is 0 Å². The molecule has 0 aromatic carbocycles. The number of hydrogen-bond acceptors (Lipinski definition) is 2. The van der Waals surface area contributed by atoms with Gasteiger partial charge in [0.05, 0.1) is 0 Å². The predicted molar refractivity (Wildman–Crippen MR) is 44.5 cm³/mol. The van der Waals surface area contributed by atoms with E-state index >= 15 is 0 Å². The molecular weight excluding hydrogens is 166 g/mol. The number of carboxylic acid groups (broad SMARTS) is 1. The van der Waals surface area contributed by atoms with Crippen LogP contribution in [-0.4, -0.2) is 16.1 Å². The van der Waals surface area contributed by atoms with Crippen LogP contribution in [0, 0.1) is 0 Å². The zero-order valence-electron chi connectivity index (χ0n) is 6.64. The third-order valence-corrected chi connectivity index (χ3v) is 1.85. The summed E-state index contributed by atoms with van der Waals surface area (Å²) < 4.78 is 0. The molecule has 3 N–H and O–H groups in total. The summed E-state index contributed by atoms with van der Waals surface area (Å²) in [6, 6.07) is 0. The molecule has 1 atom stereocenters. The van der Waals surface area contributed by atoms with Crippen molar-refractivity contribution in [3.63, 3.8) is 0 Å². The van der Waals surface area contributed by atoms with Crippen molar-refractivity contribution in [1.29, 1.82) is 0 Å². The summed E-state index contributed by atoms with van der Waals surface area (Å²) in [7, 11) is 0. The van der Waals surface area contributed by atoms with Gasteiger partial charge in [-0.05, 0) is 12.8 Å². The number of unbranched alkanes of at least 4 members (excludes halogenated alkanes) is 2. The summed E-state index contributed by atoms with van der Waals surface area (Å²) in [5.41, 5.74) is 5.27. The minimum Gasteiger partial charge on any atom is -0.479 e. The molecule has 4 heteroatoms. The van der Waals surface area contributed by atoms with E-state index in [0.29, 0.717) is 6.42 Å². The summed E-state index contributed by atoms with van der Waals surface area (Å²) in [6.45, 7) is 2.03. The molecule has 0 amide bonds. The van der Waals surface area contributed by atoms with Crippen LogP contribution in [0.25, 0.3) is 0 Å². The Bertz CT molecular complexity index is 136. The molecule has 66 valence electrons. The lowest BCUT2D eigenvalue weighted by Gasteiger charge is -2.15. The van der Waals surface area contributed by atoms with Crippen molar-refractivity contribution in [1.82, 2.24) is 0 Å². The Kier molecular flexibility index (Phi) is 4.45. The molecule has 0 fully saturated rings. The SMILES string of the molecule is CCCCCC(N)(Cl)C(=O)O. The summed E-state index contributed by atoms with van der Waals surface area (Å²) in [6.07, 6.45) is 3.10. The van der Waals surface area contributed by atoms with Crippen LogP contribution in [0.3, 0.4) is 0 Å². The highest BCUT2D eigenvalue weighted by Crippen LogP contribution is 2.16. The van der Waals surface area contributed by atoms with Gasteiger partial charge in [-0.15, -0.1) is 0 Å². The number of halogens is 1. The second-order valence-corrected chi connectivity index (χ2v) is 3.30. The molecule has 0 aliphatic rings. The van der Waals surface area contributed by atoms with E-state index < -0.39 is 11.0 Å². The minimum atomic E-state index is -1.56. The third kappa shape index (κ3) is 4.22. The van der Waals surface area contributed by atoms with Crippen LogP contribution in [-0.2, 0) is 4.79 Å². The number of carbonyl (C=O) groups is 1. The van der Waals surface area contributed by atoms with Crippen molar-refractivity contribution in [2.45, 2.75) is 37.6 Å². The first-order valence-electron chi connectivity index (χ1n) is 3.72. The van der Waals surface area contributed by atoms with E-state index in [1.807, 2.05) is 6.92 Å². The van der Waals surface area contributed by atoms with E-state index in [9.17, 15) is 4.79 Å². The first kappa shape index (κ1) is 10.7. The van der Waals surface area contributed by atoms with Crippen LogP contribution in [0.1, 0.15) is 32.6 Å². The fourth-order valence-electron chi connectivity index (χ4n) is 0.739. The molecule has 0 heterocycles. The molecule has 0 aromatic heterocycles. The maximum atomic E-state index is 10.4. The maximum absolute atomic E-state index is 10.4. The lowest BCUT2D eigenvalue weighted by Crippen LogP contribution is -2.41. The van der Waals surface area contributed by atoms with Gasteiger partial charge in [-0.3, -0.25) is 0 Å². The van der Waals surface area contributed by atoms with Crippen LogP contribution in [0.15, 0.2) is 0 Å². The molecule has 0 rings (SSSR count). The van der Waals surface area contributed by atoms with E-state index in [4.69, 9.17) is 22.4 Å². The Hall–Kier alpha value is -0.280. The topological polar surface area (TPSA) is 63.3 Å². The third-order valence-electron chi connectivity index (χ3n) is 1.50.